The van der Waals surface area contributed by atoms with Crippen LogP contribution in [0.25, 0.3) is 0 Å². The Balaban J connectivity index is 1.93. The molecule has 0 spiro atoms. The zero-order chi connectivity index (χ0) is 9.42. The summed E-state index contributed by atoms with van der Waals surface area (Å²) in [6, 6.07) is 0.625. The van der Waals surface area contributed by atoms with Crippen molar-refractivity contribution in [3.05, 3.63) is 0 Å². The van der Waals surface area contributed by atoms with Gasteiger partial charge in [-0.3, -0.25) is 4.79 Å². The minimum absolute atomic E-state index is 0.278. The molecule has 3 unspecified atom stereocenters. The lowest BCUT2D eigenvalue weighted by atomic mass is 9.85. The number of nitrogens with zero attached hydrogens (tertiary/aromatic N) is 1. The third-order valence-corrected chi connectivity index (χ3v) is 3.51. The molecule has 13 heavy (non-hydrogen) atoms. The summed E-state index contributed by atoms with van der Waals surface area (Å²) >= 11 is 0. The highest BCUT2D eigenvalue weighted by atomic mass is 16.5. The Morgan fingerprint density at radius 1 is 1.54 bits per heavy atom. The van der Waals surface area contributed by atoms with Gasteiger partial charge in [0.1, 0.15) is 5.78 Å². The van der Waals surface area contributed by atoms with E-state index in [1.54, 1.807) is 0 Å². The molecule has 0 aromatic heterocycles. The highest BCUT2D eigenvalue weighted by Crippen LogP contribution is 2.41. The van der Waals surface area contributed by atoms with Gasteiger partial charge in [0.15, 0.2) is 0 Å². The van der Waals surface area contributed by atoms with Gasteiger partial charge in [-0.05, 0) is 25.2 Å². The van der Waals surface area contributed by atoms with E-state index in [-0.39, 0.29) is 6.04 Å². The largest absolute Gasteiger partial charge is 0.313 e. The summed E-state index contributed by atoms with van der Waals surface area (Å²) in [7, 11) is 0. The SMILES string of the molecule is CCC(=O)CC1CC2CCC1N2O. The van der Waals surface area contributed by atoms with E-state index in [1.165, 1.54) is 5.06 Å². The van der Waals surface area contributed by atoms with Crippen LogP contribution in [0.3, 0.4) is 0 Å². The molecule has 2 fully saturated rings. The van der Waals surface area contributed by atoms with Crippen molar-refractivity contribution in [1.82, 2.24) is 5.06 Å². The molecule has 0 saturated carbocycles. The average molecular weight is 183 g/mol. The molecule has 2 bridgehead atoms. The number of carbonyl (C=O) groups is 1. The summed E-state index contributed by atoms with van der Waals surface area (Å²) in [4.78, 5) is 11.3. The van der Waals surface area contributed by atoms with Gasteiger partial charge in [0.05, 0.1) is 0 Å². The Labute approximate surface area is 78.7 Å². The monoisotopic (exact) mass is 183 g/mol. The number of hydrogen-bond donors (Lipinski definition) is 1. The summed E-state index contributed by atoms with van der Waals surface area (Å²) in [5, 5.41) is 11.1. The fraction of sp³-hybridized carbons (Fsp3) is 0.900. The molecule has 0 aromatic carbocycles. The molecule has 2 saturated heterocycles. The maximum absolute atomic E-state index is 11.3. The van der Waals surface area contributed by atoms with Crippen LogP contribution in [0.2, 0.25) is 0 Å². The van der Waals surface area contributed by atoms with Crippen LogP contribution in [-0.2, 0) is 4.79 Å². The number of hydroxylamine groups is 2. The molecule has 2 heterocycles. The smallest absolute Gasteiger partial charge is 0.132 e. The Hall–Kier alpha value is -0.410. The van der Waals surface area contributed by atoms with Gasteiger partial charge in [0, 0.05) is 24.9 Å². The summed E-state index contributed by atoms with van der Waals surface area (Å²) in [5.41, 5.74) is 0. The molecule has 74 valence electrons. The van der Waals surface area contributed by atoms with Gasteiger partial charge in [-0.25, -0.2) is 0 Å². The lowest BCUT2D eigenvalue weighted by Gasteiger charge is -2.19. The molecule has 3 nitrogen and oxygen atoms in total. The molecule has 1 N–H and O–H groups in total. The Bertz CT molecular complexity index is 217. The van der Waals surface area contributed by atoms with Gasteiger partial charge in [-0.1, -0.05) is 6.92 Å². The number of ketones is 1. The van der Waals surface area contributed by atoms with Crippen LogP contribution in [0.5, 0.6) is 0 Å². The number of Topliss-reactive ketones (excluding diaryl/α,β-unsaturated/α-hetero) is 1. The van der Waals surface area contributed by atoms with Crippen molar-refractivity contribution >= 4 is 5.78 Å². The van der Waals surface area contributed by atoms with E-state index >= 15 is 0 Å². The van der Waals surface area contributed by atoms with Crippen LogP contribution >= 0.6 is 0 Å². The zero-order valence-corrected chi connectivity index (χ0v) is 8.07. The molecule has 3 heteroatoms. The number of fused-ring (bicyclic) bond motifs is 2. The Morgan fingerprint density at radius 2 is 2.31 bits per heavy atom. The van der Waals surface area contributed by atoms with E-state index in [2.05, 4.69) is 0 Å². The van der Waals surface area contributed by atoms with E-state index in [0.29, 0.717) is 30.6 Å². The third-order valence-electron chi connectivity index (χ3n) is 3.51. The number of rotatable bonds is 3. The van der Waals surface area contributed by atoms with E-state index in [4.69, 9.17) is 0 Å². The summed E-state index contributed by atoms with van der Waals surface area (Å²) in [6.07, 6.45) is 4.52. The predicted octanol–water partition coefficient (Wildman–Crippen LogP) is 1.60. The first-order chi connectivity index (χ1) is 6.22. The van der Waals surface area contributed by atoms with Gasteiger partial charge in [0.2, 0.25) is 0 Å². The van der Waals surface area contributed by atoms with Gasteiger partial charge in [-0.2, -0.15) is 5.06 Å². The summed E-state index contributed by atoms with van der Waals surface area (Å²) < 4.78 is 0. The second kappa shape index (κ2) is 3.39. The quantitative estimate of drug-likeness (QED) is 0.722. The lowest BCUT2D eigenvalue weighted by molar-refractivity contribution is -0.123. The summed E-state index contributed by atoms with van der Waals surface area (Å²) in [6.45, 7) is 1.91. The number of hydrogen-bond acceptors (Lipinski definition) is 3. The van der Waals surface area contributed by atoms with Crippen LogP contribution in [0, 0.1) is 5.92 Å². The Morgan fingerprint density at radius 3 is 2.77 bits per heavy atom. The second-order valence-electron chi connectivity index (χ2n) is 4.27. The van der Waals surface area contributed by atoms with E-state index in [1.807, 2.05) is 6.92 Å². The minimum atomic E-state index is 0.278. The van der Waals surface area contributed by atoms with E-state index in [0.717, 1.165) is 19.3 Å². The van der Waals surface area contributed by atoms with E-state index in [9.17, 15) is 10.0 Å². The maximum Gasteiger partial charge on any atom is 0.132 e. The second-order valence-corrected chi connectivity index (χ2v) is 4.27. The third kappa shape index (κ3) is 1.51. The number of carbonyl (C=O) groups excluding carboxylic acids is 1. The van der Waals surface area contributed by atoms with Gasteiger partial charge >= 0.3 is 0 Å². The molecule has 0 radical (unpaired) electrons. The van der Waals surface area contributed by atoms with Crippen molar-refractivity contribution in [1.29, 1.82) is 0 Å². The van der Waals surface area contributed by atoms with Crippen LogP contribution < -0.4 is 0 Å². The highest BCUT2D eigenvalue weighted by Gasteiger charge is 2.45. The minimum Gasteiger partial charge on any atom is -0.313 e. The van der Waals surface area contributed by atoms with Crippen molar-refractivity contribution in [3.8, 4) is 0 Å². The molecule has 2 aliphatic rings. The molecular formula is C10H17NO2. The van der Waals surface area contributed by atoms with Crippen LogP contribution in [0.1, 0.15) is 39.0 Å². The first-order valence-electron chi connectivity index (χ1n) is 5.21. The fourth-order valence-electron chi connectivity index (χ4n) is 2.74. The van der Waals surface area contributed by atoms with E-state index < -0.39 is 0 Å². The Kier molecular flexibility index (Phi) is 2.39. The molecule has 0 aliphatic carbocycles. The molecule has 2 aliphatic heterocycles. The van der Waals surface area contributed by atoms with Crippen LogP contribution in [-0.4, -0.2) is 28.1 Å². The molecule has 2 rings (SSSR count). The first-order valence-corrected chi connectivity index (χ1v) is 5.21. The zero-order valence-electron chi connectivity index (χ0n) is 8.07. The van der Waals surface area contributed by atoms with Crippen molar-refractivity contribution < 1.29 is 10.0 Å². The standard InChI is InChI=1S/C10H17NO2/c1-2-9(12)6-7-5-8-3-4-10(7)11(8)13/h7-8,10,13H,2-6H2,1H3. The normalized spacial score (nSPS) is 38.5. The molecule has 0 aromatic rings. The fourth-order valence-corrected chi connectivity index (χ4v) is 2.74. The molecule has 0 amide bonds. The first kappa shape index (κ1) is 9.16. The summed E-state index contributed by atoms with van der Waals surface area (Å²) in [5.74, 6) is 0.766. The molecular weight excluding hydrogens is 166 g/mol. The van der Waals surface area contributed by atoms with Gasteiger partial charge < -0.3 is 5.21 Å². The lowest BCUT2D eigenvalue weighted by Crippen LogP contribution is -2.27. The van der Waals surface area contributed by atoms with Crippen LogP contribution in [0.15, 0.2) is 0 Å². The topological polar surface area (TPSA) is 40.5 Å². The predicted molar refractivity (Wildman–Crippen MR) is 48.5 cm³/mol. The average Bonchev–Trinajstić information content (AvgIpc) is 2.61. The van der Waals surface area contributed by atoms with Gasteiger partial charge in [0.25, 0.3) is 0 Å². The van der Waals surface area contributed by atoms with Gasteiger partial charge in [-0.15, -0.1) is 0 Å². The van der Waals surface area contributed by atoms with Crippen molar-refractivity contribution in [2.75, 3.05) is 0 Å². The highest BCUT2D eigenvalue weighted by molar-refractivity contribution is 5.78. The van der Waals surface area contributed by atoms with Crippen molar-refractivity contribution in [2.45, 2.75) is 51.1 Å². The van der Waals surface area contributed by atoms with Crippen LogP contribution in [0.4, 0.5) is 0 Å². The van der Waals surface area contributed by atoms with Crippen molar-refractivity contribution in [2.24, 2.45) is 5.92 Å². The van der Waals surface area contributed by atoms with Crippen molar-refractivity contribution in [3.63, 3.8) is 0 Å². The molecule has 3 atom stereocenters. The maximum atomic E-state index is 11.3.